The molecular formula is C40H40N10O6. The second-order valence-corrected chi connectivity index (χ2v) is 15.5. The Labute approximate surface area is 320 Å². The number of aromatic nitrogens is 5. The number of carbonyl (C=O) groups is 5. The van der Waals surface area contributed by atoms with E-state index in [2.05, 4.69) is 41.4 Å². The largest absolute Gasteiger partial charge is 0.491 e. The zero-order valence-corrected chi connectivity index (χ0v) is 30.6. The number of nitrogens with zero attached hydrogens (tertiary/aromatic N) is 8. The van der Waals surface area contributed by atoms with Crippen LogP contribution in [-0.2, 0) is 9.59 Å². The first-order valence-electron chi connectivity index (χ1n) is 19.4. The van der Waals surface area contributed by atoms with Gasteiger partial charge in [0.2, 0.25) is 11.8 Å². The van der Waals surface area contributed by atoms with Crippen molar-refractivity contribution < 1.29 is 28.7 Å². The SMILES string of the molecule is O=C1CCC(N2C(=O)c3ccc(N4CC[C@@H](N5CCC(n6cc7cc(NC(=O)c8cnn9cccnc89)c(OCC8CC8)cc7n6)CC5)C4)cc3C2=O)C(=O)N1. The number of ether oxygens (including phenoxy) is 1. The molecule has 0 spiro atoms. The molecule has 16 heteroatoms. The van der Waals surface area contributed by atoms with Crippen molar-refractivity contribution in [3.05, 3.63) is 77.9 Å². The van der Waals surface area contributed by atoms with Crippen LogP contribution in [0.2, 0.25) is 0 Å². The van der Waals surface area contributed by atoms with E-state index in [4.69, 9.17) is 9.84 Å². The smallest absolute Gasteiger partial charge is 0.262 e. The average Bonchev–Trinajstić information content (AvgIpc) is 3.49. The number of amides is 5. The van der Waals surface area contributed by atoms with Crippen molar-refractivity contribution in [1.29, 1.82) is 0 Å². The molecule has 1 aliphatic carbocycles. The van der Waals surface area contributed by atoms with Gasteiger partial charge in [0.1, 0.15) is 17.4 Å². The third-order valence-electron chi connectivity index (χ3n) is 11.9. The molecular weight excluding hydrogens is 717 g/mol. The van der Waals surface area contributed by atoms with Gasteiger partial charge in [-0.25, -0.2) is 9.50 Å². The molecule has 0 radical (unpaired) electrons. The fraction of sp³-hybridized carbons (Fsp3) is 0.400. The number of piperidine rings is 2. The summed E-state index contributed by atoms with van der Waals surface area (Å²) >= 11 is 0. The minimum Gasteiger partial charge on any atom is -0.491 e. The van der Waals surface area contributed by atoms with Gasteiger partial charge in [-0.3, -0.25) is 43.8 Å². The first-order chi connectivity index (χ1) is 27.3. The molecule has 2 atom stereocenters. The van der Waals surface area contributed by atoms with Crippen molar-refractivity contribution in [3.63, 3.8) is 0 Å². The van der Waals surface area contributed by atoms with Gasteiger partial charge in [-0.2, -0.15) is 10.2 Å². The lowest BCUT2D eigenvalue weighted by atomic mass is 10.0. The maximum absolute atomic E-state index is 13.4. The molecule has 5 aromatic rings. The molecule has 1 saturated carbocycles. The predicted molar refractivity (Wildman–Crippen MR) is 202 cm³/mol. The predicted octanol–water partition coefficient (Wildman–Crippen LogP) is 3.44. The summed E-state index contributed by atoms with van der Waals surface area (Å²) in [5.74, 6) is -1.17. The van der Waals surface area contributed by atoms with Gasteiger partial charge in [0.25, 0.3) is 17.7 Å². The summed E-state index contributed by atoms with van der Waals surface area (Å²) in [6.07, 6.45) is 12.3. The summed E-state index contributed by atoms with van der Waals surface area (Å²) in [5, 5.41) is 15.5. The lowest BCUT2D eigenvalue weighted by Crippen LogP contribution is -2.54. The van der Waals surface area contributed by atoms with Gasteiger partial charge in [-0.05, 0) is 74.8 Å². The molecule has 5 amide bonds. The van der Waals surface area contributed by atoms with E-state index in [1.807, 2.05) is 18.2 Å². The molecule has 286 valence electrons. The van der Waals surface area contributed by atoms with Crippen molar-refractivity contribution in [2.45, 2.75) is 63.1 Å². The number of imide groups is 2. The van der Waals surface area contributed by atoms with Gasteiger partial charge in [0, 0.05) is 74.4 Å². The highest BCUT2D eigenvalue weighted by molar-refractivity contribution is 6.23. The number of nitrogens with one attached hydrogen (secondary N) is 2. The maximum atomic E-state index is 13.4. The van der Waals surface area contributed by atoms with Crippen molar-refractivity contribution in [3.8, 4) is 5.75 Å². The lowest BCUT2D eigenvalue weighted by Gasteiger charge is -2.36. The zero-order chi connectivity index (χ0) is 38.1. The van der Waals surface area contributed by atoms with E-state index in [1.165, 1.54) is 6.20 Å². The Morgan fingerprint density at radius 3 is 2.57 bits per heavy atom. The van der Waals surface area contributed by atoms with Gasteiger partial charge < -0.3 is 15.0 Å². The monoisotopic (exact) mass is 756 g/mol. The normalized spacial score (nSPS) is 22.0. The molecule has 3 aromatic heterocycles. The summed E-state index contributed by atoms with van der Waals surface area (Å²) in [5.41, 5.74) is 3.73. The third-order valence-corrected chi connectivity index (χ3v) is 11.9. The van der Waals surface area contributed by atoms with Crippen molar-refractivity contribution in [2.24, 2.45) is 5.92 Å². The van der Waals surface area contributed by atoms with Crippen LogP contribution in [0.25, 0.3) is 16.6 Å². The van der Waals surface area contributed by atoms with Crippen LogP contribution in [0, 0.1) is 5.92 Å². The topological polar surface area (TPSA) is 176 Å². The molecule has 1 unspecified atom stereocenters. The Kier molecular flexibility index (Phi) is 8.31. The average molecular weight is 757 g/mol. The van der Waals surface area contributed by atoms with Gasteiger partial charge in [0.05, 0.1) is 41.2 Å². The first-order valence-corrected chi connectivity index (χ1v) is 19.4. The van der Waals surface area contributed by atoms with Crippen LogP contribution in [0.3, 0.4) is 0 Å². The second kappa shape index (κ2) is 13.5. The van der Waals surface area contributed by atoms with Gasteiger partial charge in [-0.15, -0.1) is 0 Å². The van der Waals surface area contributed by atoms with Gasteiger partial charge >= 0.3 is 0 Å². The summed E-state index contributed by atoms with van der Waals surface area (Å²) in [7, 11) is 0. The number of anilines is 2. The fourth-order valence-electron chi connectivity index (χ4n) is 8.59. The Hall–Kier alpha value is -6.16. The van der Waals surface area contributed by atoms with Crippen LogP contribution in [0.4, 0.5) is 11.4 Å². The van der Waals surface area contributed by atoms with E-state index < -0.39 is 29.7 Å². The molecule has 3 saturated heterocycles. The van der Waals surface area contributed by atoms with Crippen LogP contribution in [-0.4, -0.2) is 109 Å². The Bertz CT molecular complexity index is 2450. The van der Waals surface area contributed by atoms with Crippen LogP contribution >= 0.6 is 0 Å². The minimum atomic E-state index is -0.982. The van der Waals surface area contributed by atoms with E-state index in [0.29, 0.717) is 46.8 Å². The molecule has 2 aromatic carbocycles. The van der Waals surface area contributed by atoms with Crippen molar-refractivity contribution in [2.75, 3.05) is 43.0 Å². The van der Waals surface area contributed by atoms with Gasteiger partial charge in [0.15, 0.2) is 5.65 Å². The number of hydrogen-bond donors (Lipinski definition) is 2. The molecule has 7 heterocycles. The van der Waals surface area contributed by atoms with Crippen LogP contribution in [0.5, 0.6) is 5.75 Å². The number of benzene rings is 2. The van der Waals surface area contributed by atoms with Crippen LogP contribution in [0.15, 0.2) is 61.2 Å². The van der Waals surface area contributed by atoms with Crippen molar-refractivity contribution >= 4 is 57.5 Å². The van der Waals surface area contributed by atoms with Gasteiger partial charge in [-0.1, -0.05) is 0 Å². The Morgan fingerprint density at radius 2 is 1.75 bits per heavy atom. The summed E-state index contributed by atoms with van der Waals surface area (Å²) in [6.45, 7) is 4.06. The molecule has 4 aliphatic heterocycles. The number of rotatable bonds is 9. The van der Waals surface area contributed by atoms with Crippen LogP contribution < -0.4 is 20.3 Å². The number of fused-ring (bicyclic) bond motifs is 3. The van der Waals surface area contributed by atoms with E-state index in [0.717, 1.165) is 79.8 Å². The van der Waals surface area contributed by atoms with E-state index in [-0.39, 0.29) is 30.4 Å². The van der Waals surface area contributed by atoms with E-state index in [1.54, 1.807) is 35.1 Å². The molecule has 10 rings (SSSR count). The van der Waals surface area contributed by atoms with Crippen LogP contribution in [0.1, 0.15) is 82.1 Å². The molecule has 56 heavy (non-hydrogen) atoms. The van der Waals surface area contributed by atoms with E-state index >= 15 is 0 Å². The second-order valence-electron chi connectivity index (χ2n) is 15.5. The lowest BCUT2D eigenvalue weighted by molar-refractivity contribution is -0.136. The minimum absolute atomic E-state index is 0.0865. The van der Waals surface area contributed by atoms with E-state index in [9.17, 15) is 24.0 Å². The quantitative estimate of drug-likeness (QED) is 0.211. The number of carbonyl (C=O) groups excluding carboxylic acids is 5. The summed E-state index contributed by atoms with van der Waals surface area (Å²) in [4.78, 5) is 74.3. The highest BCUT2D eigenvalue weighted by Crippen LogP contribution is 2.37. The maximum Gasteiger partial charge on any atom is 0.262 e. The van der Waals surface area contributed by atoms with Crippen molar-refractivity contribution in [1.82, 2.24) is 39.5 Å². The Morgan fingerprint density at radius 1 is 0.929 bits per heavy atom. The highest BCUT2D eigenvalue weighted by Gasteiger charge is 2.45. The summed E-state index contributed by atoms with van der Waals surface area (Å²) in [6, 6.07) is 10.6. The number of hydrogen-bond acceptors (Lipinski definition) is 11. The standard InChI is InChI=1S/C40H40N10O6/c51-35-7-6-33(38(53)44-35)50-39(54)28-5-4-26(17-29(28)40(50)55)47-15-10-27(21-47)46-13-8-25(9-14-46)49-20-24-16-32(34(18-31(24)45-49)56-22-23-2-3-23)43-37(52)30-19-42-48-12-1-11-41-36(30)48/h1,4-5,11-12,16-20,23,25,27,33H,2-3,6-10,13-15,21-22H2,(H,43,52)(H,44,51,53)/t27-,33?/m1/s1. The Balaban J connectivity index is 0.796. The fourth-order valence-corrected chi connectivity index (χ4v) is 8.59. The molecule has 5 aliphatic rings. The third kappa shape index (κ3) is 6.13. The first kappa shape index (κ1) is 34.3. The molecule has 2 N–H and O–H groups in total. The number of likely N-dealkylation sites (tertiary alicyclic amines) is 1. The molecule has 16 nitrogen and oxygen atoms in total. The summed E-state index contributed by atoms with van der Waals surface area (Å²) < 4.78 is 9.88. The highest BCUT2D eigenvalue weighted by atomic mass is 16.5. The molecule has 0 bridgehead atoms. The molecule has 4 fully saturated rings. The zero-order valence-electron chi connectivity index (χ0n) is 30.6.